The van der Waals surface area contributed by atoms with Crippen LogP contribution in [0.5, 0.6) is 0 Å². The van der Waals surface area contributed by atoms with E-state index in [-0.39, 0.29) is 5.75 Å². The van der Waals surface area contributed by atoms with Gasteiger partial charge in [-0.15, -0.1) is 10.2 Å². The first-order valence-corrected chi connectivity index (χ1v) is 8.18. The summed E-state index contributed by atoms with van der Waals surface area (Å²) in [5, 5.41) is 16.0. The molecule has 0 aliphatic carbocycles. The van der Waals surface area contributed by atoms with Crippen LogP contribution in [0.1, 0.15) is 24.9 Å². The van der Waals surface area contributed by atoms with Gasteiger partial charge in [0.2, 0.25) is 0 Å². The number of hydrogen-bond donors (Lipinski definition) is 1. The summed E-state index contributed by atoms with van der Waals surface area (Å²) in [6, 6.07) is 0. The van der Waals surface area contributed by atoms with Crippen LogP contribution in [0, 0.1) is 0 Å². The van der Waals surface area contributed by atoms with Crippen LogP contribution in [0.2, 0.25) is 0 Å². The highest BCUT2D eigenvalue weighted by molar-refractivity contribution is 7.99. The predicted octanol–water partition coefficient (Wildman–Crippen LogP) is 0.580. The highest BCUT2D eigenvalue weighted by Crippen LogP contribution is 2.24. The summed E-state index contributed by atoms with van der Waals surface area (Å²) in [6.45, 7) is 3.86. The third-order valence-corrected chi connectivity index (χ3v) is 4.84. The number of carboxylic acid groups (broad SMARTS) is 1. The molecule has 0 amide bonds. The molecule has 0 spiro atoms. The monoisotopic (exact) mass is 293 g/mol. The second-order valence-corrected chi connectivity index (χ2v) is 7.05. The maximum Gasteiger partial charge on any atom is 0.313 e. The van der Waals surface area contributed by atoms with Gasteiger partial charge in [0.15, 0.2) is 20.8 Å². The number of carbonyl (C=O) groups is 1. The molecule has 102 valence electrons. The number of aliphatic carboxylic acids is 1. The van der Waals surface area contributed by atoms with Crippen LogP contribution in [-0.4, -0.2) is 46.3 Å². The second-order valence-electron chi connectivity index (χ2n) is 3.74. The number of rotatable bonds is 6. The molecule has 1 atom stereocenters. The third-order valence-electron chi connectivity index (χ3n) is 2.39. The SMILES string of the molecule is CCn1c(SCC(=O)O)nnc1C(C)S(C)(=O)=O. The van der Waals surface area contributed by atoms with E-state index in [4.69, 9.17) is 5.11 Å². The summed E-state index contributed by atoms with van der Waals surface area (Å²) >= 11 is 1.02. The fourth-order valence-electron chi connectivity index (χ4n) is 1.32. The maximum absolute atomic E-state index is 11.5. The van der Waals surface area contributed by atoms with E-state index in [1.165, 1.54) is 6.92 Å². The van der Waals surface area contributed by atoms with Crippen molar-refractivity contribution in [3.63, 3.8) is 0 Å². The quantitative estimate of drug-likeness (QED) is 0.765. The molecule has 0 aliphatic heterocycles. The van der Waals surface area contributed by atoms with E-state index in [0.29, 0.717) is 17.5 Å². The molecule has 7 nitrogen and oxygen atoms in total. The van der Waals surface area contributed by atoms with E-state index < -0.39 is 21.1 Å². The molecule has 18 heavy (non-hydrogen) atoms. The normalized spacial score (nSPS) is 13.5. The standard InChI is InChI=1S/C9H15N3O4S2/c1-4-12-8(6(2)18(3,15)16)10-11-9(12)17-5-7(13)14/h6H,4-5H2,1-3H3,(H,13,14). The van der Waals surface area contributed by atoms with Crippen LogP contribution in [0.3, 0.4) is 0 Å². The Morgan fingerprint density at radius 2 is 2.11 bits per heavy atom. The van der Waals surface area contributed by atoms with Gasteiger partial charge < -0.3 is 9.67 Å². The van der Waals surface area contributed by atoms with Crippen molar-refractivity contribution in [2.75, 3.05) is 12.0 Å². The average molecular weight is 293 g/mol. The molecule has 0 saturated heterocycles. The van der Waals surface area contributed by atoms with Crippen LogP contribution in [0.15, 0.2) is 5.16 Å². The highest BCUT2D eigenvalue weighted by Gasteiger charge is 2.25. The Balaban J connectivity index is 3.05. The Bertz CT molecular complexity index is 538. The van der Waals surface area contributed by atoms with Gasteiger partial charge in [0.1, 0.15) is 5.25 Å². The number of thioether (sulfide) groups is 1. The van der Waals surface area contributed by atoms with Crippen molar-refractivity contribution in [2.24, 2.45) is 0 Å². The number of hydrogen-bond acceptors (Lipinski definition) is 6. The van der Waals surface area contributed by atoms with Crippen molar-refractivity contribution in [2.45, 2.75) is 30.8 Å². The minimum absolute atomic E-state index is 0.134. The van der Waals surface area contributed by atoms with Gasteiger partial charge in [-0.2, -0.15) is 0 Å². The Kier molecular flexibility index (Phi) is 4.74. The minimum atomic E-state index is -3.26. The first-order chi connectivity index (χ1) is 8.27. The molecular weight excluding hydrogens is 278 g/mol. The van der Waals surface area contributed by atoms with Gasteiger partial charge in [-0.3, -0.25) is 4.79 Å². The van der Waals surface area contributed by atoms with Gasteiger partial charge in [0.05, 0.1) is 5.75 Å². The van der Waals surface area contributed by atoms with Crippen LogP contribution in [0.4, 0.5) is 0 Å². The Labute approximate surface area is 110 Å². The summed E-state index contributed by atoms with van der Waals surface area (Å²) in [4.78, 5) is 10.5. The van der Waals surface area contributed by atoms with Crippen molar-refractivity contribution >= 4 is 27.6 Å². The average Bonchev–Trinajstić information content (AvgIpc) is 2.66. The predicted molar refractivity (Wildman–Crippen MR) is 67.3 cm³/mol. The Morgan fingerprint density at radius 3 is 2.56 bits per heavy atom. The molecule has 0 aliphatic rings. The van der Waals surface area contributed by atoms with Crippen molar-refractivity contribution in [1.29, 1.82) is 0 Å². The lowest BCUT2D eigenvalue weighted by atomic mass is 10.4. The molecular formula is C9H15N3O4S2. The summed E-state index contributed by atoms with van der Waals surface area (Å²) < 4.78 is 24.6. The lowest BCUT2D eigenvalue weighted by Gasteiger charge is -2.11. The van der Waals surface area contributed by atoms with Crippen LogP contribution >= 0.6 is 11.8 Å². The van der Waals surface area contributed by atoms with Crippen molar-refractivity contribution in [3.05, 3.63) is 5.82 Å². The molecule has 9 heteroatoms. The number of aromatic nitrogens is 3. The highest BCUT2D eigenvalue weighted by atomic mass is 32.2. The number of nitrogens with zero attached hydrogens (tertiary/aromatic N) is 3. The van der Waals surface area contributed by atoms with E-state index in [0.717, 1.165) is 18.0 Å². The van der Waals surface area contributed by atoms with Gasteiger partial charge in [-0.1, -0.05) is 11.8 Å². The Hall–Kier alpha value is -1.09. The smallest absolute Gasteiger partial charge is 0.313 e. The molecule has 1 heterocycles. The van der Waals surface area contributed by atoms with E-state index in [1.54, 1.807) is 4.57 Å². The fraction of sp³-hybridized carbons (Fsp3) is 0.667. The van der Waals surface area contributed by atoms with E-state index in [1.807, 2.05) is 6.92 Å². The molecule has 0 aromatic carbocycles. The topological polar surface area (TPSA) is 102 Å². The largest absolute Gasteiger partial charge is 0.481 e. The van der Waals surface area contributed by atoms with E-state index in [2.05, 4.69) is 10.2 Å². The van der Waals surface area contributed by atoms with Crippen LogP contribution in [-0.2, 0) is 21.2 Å². The third kappa shape index (κ3) is 3.45. The summed E-state index contributed by atoms with van der Waals surface area (Å²) in [6.07, 6.45) is 1.14. The zero-order valence-corrected chi connectivity index (χ0v) is 12.0. The molecule has 1 aromatic rings. The lowest BCUT2D eigenvalue weighted by Crippen LogP contribution is -2.14. The molecule has 0 bridgehead atoms. The fourth-order valence-corrected chi connectivity index (χ4v) is 2.61. The van der Waals surface area contributed by atoms with Gasteiger partial charge in [-0.05, 0) is 13.8 Å². The first kappa shape index (κ1) is 15.0. The van der Waals surface area contributed by atoms with Gasteiger partial charge >= 0.3 is 5.97 Å². The molecule has 0 fully saturated rings. The molecule has 1 rings (SSSR count). The van der Waals surface area contributed by atoms with E-state index in [9.17, 15) is 13.2 Å². The lowest BCUT2D eigenvalue weighted by molar-refractivity contribution is -0.133. The summed E-state index contributed by atoms with van der Waals surface area (Å²) in [5.41, 5.74) is 0. The van der Waals surface area contributed by atoms with Crippen LogP contribution < -0.4 is 0 Å². The molecule has 0 radical (unpaired) electrons. The maximum atomic E-state index is 11.5. The van der Waals surface area contributed by atoms with Gasteiger partial charge in [-0.25, -0.2) is 8.42 Å². The van der Waals surface area contributed by atoms with Crippen molar-refractivity contribution in [1.82, 2.24) is 14.8 Å². The summed E-state index contributed by atoms with van der Waals surface area (Å²) in [5.74, 6) is -0.748. The zero-order valence-electron chi connectivity index (χ0n) is 10.3. The molecule has 1 aromatic heterocycles. The van der Waals surface area contributed by atoms with Gasteiger partial charge in [0.25, 0.3) is 0 Å². The number of sulfone groups is 1. The molecule has 1 N–H and O–H groups in total. The van der Waals surface area contributed by atoms with Crippen molar-refractivity contribution < 1.29 is 18.3 Å². The molecule has 1 unspecified atom stereocenters. The van der Waals surface area contributed by atoms with Crippen LogP contribution in [0.25, 0.3) is 0 Å². The minimum Gasteiger partial charge on any atom is -0.481 e. The Morgan fingerprint density at radius 1 is 1.50 bits per heavy atom. The van der Waals surface area contributed by atoms with E-state index >= 15 is 0 Å². The second kappa shape index (κ2) is 5.70. The first-order valence-electron chi connectivity index (χ1n) is 5.24. The van der Waals surface area contributed by atoms with Gasteiger partial charge in [0, 0.05) is 12.8 Å². The van der Waals surface area contributed by atoms with Crippen molar-refractivity contribution in [3.8, 4) is 0 Å². The molecule has 0 saturated carbocycles. The number of carboxylic acids is 1. The summed E-state index contributed by atoms with van der Waals surface area (Å²) in [7, 11) is -3.26. The zero-order chi connectivity index (χ0) is 13.9.